The number of amides is 3. The SMILES string of the molecule is COc1cccc(NC(=O)COc2ccc(N3C[C@@H](C(=O)NCCc4ccccc4)CC3=O)cc2)c1. The number of carbonyl (C=O) groups excluding carboxylic acids is 3. The Bertz CT molecular complexity index is 1200. The van der Waals surface area contributed by atoms with Crippen molar-refractivity contribution in [2.45, 2.75) is 12.8 Å². The van der Waals surface area contributed by atoms with Gasteiger partial charge in [0.2, 0.25) is 11.8 Å². The van der Waals surface area contributed by atoms with E-state index in [1.165, 1.54) is 0 Å². The Hall–Kier alpha value is -4.33. The second kappa shape index (κ2) is 11.9. The van der Waals surface area contributed by atoms with E-state index in [4.69, 9.17) is 9.47 Å². The van der Waals surface area contributed by atoms with Crippen LogP contribution in [-0.4, -0.2) is 44.5 Å². The van der Waals surface area contributed by atoms with Gasteiger partial charge in [-0.05, 0) is 48.4 Å². The molecular formula is C28H29N3O5. The van der Waals surface area contributed by atoms with Gasteiger partial charge in [-0.1, -0.05) is 36.4 Å². The van der Waals surface area contributed by atoms with Crippen molar-refractivity contribution in [2.24, 2.45) is 5.92 Å². The van der Waals surface area contributed by atoms with E-state index in [2.05, 4.69) is 10.6 Å². The van der Waals surface area contributed by atoms with Gasteiger partial charge in [0.25, 0.3) is 5.91 Å². The van der Waals surface area contributed by atoms with Crippen molar-refractivity contribution in [1.29, 1.82) is 0 Å². The van der Waals surface area contributed by atoms with E-state index in [0.29, 0.717) is 36.0 Å². The third-order valence-corrected chi connectivity index (χ3v) is 5.92. The number of hydrogen-bond donors (Lipinski definition) is 2. The number of rotatable bonds is 10. The zero-order chi connectivity index (χ0) is 25.3. The fourth-order valence-electron chi connectivity index (χ4n) is 4.02. The Morgan fingerprint density at radius 3 is 2.50 bits per heavy atom. The minimum atomic E-state index is -0.385. The van der Waals surface area contributed by atoms with Crippen LogP contribution in [0.4, 0.5) is 11.4 Å². The summed E-state index contributed by atoms with van der Waals surface area (Å²) in [5.41, 5.74) is 2.46. The maximum absolute atomic E-state index is 12.6. The molecule has 3 aromatic carbocycles. The fourth-order valence-corrected chi connectivity index (χ4v) is 4.02. The Balaban J connectivity index is 1.24. The highest BCUT2D eigenvalue weighted by molar-refractivity contribution is 6.00. The molecular weight excluding hydrogens is 458 g/mol. The largest absolute Gasteiger partial charge is 0.497 e. The molecule has 0 unspecified atom stereocenters. The summed E-state index contributed by atoms with van der Waals surface area (Å²) in [6.07, 6.45) is 0.926. The van der Waals surface area contributed by atoms with Gasteiger partial charge >= 0.3 is 0 Å². The summed E-state index contributed by atoms with van der Waals surface area (Å²) in [7, 11) is 1.56. The second-order valence-corrected chi connectivity index (χ2v) is 8.49. The lowest BCUT2D eigenvalue weighted by Crippen LogP contribution is -2.34. The fraction of sp³-hybridized carbons (Fsp3) is 0.250. The second-order valence-electron chi connectivity index (χ2n) is 8.49. The number of hydrogen-bond acceptors (Lipinski definition) is 5. The van der Waals surface area contributed by atoms with Crippen molar-refractivity contribution in [2.75, 3.05) is 37.0 Å². The highest BCUT2D eigenvalue weighted by atomic mass is 16.5. The molecule has 1 fully saturated rings. The minimum absolute atomic E-state index is 0.0930. The standard InChI is InChI=1S/C28H29N3O5/c1-35-25-9-5-8-22(17-25)30-26(32)19-36-24-12-10-23(11-13-24)31-18-21(16-27(31)33)28(34)29-15-14-20-6-3-2-4-7-20/h2-13,17,21H,14-16,18-19H2,1H3,(H,29,34)(H,30,32)/t21-/m0/s1. The lowest BCUT2D eigenvalue weighted by atomic mass is 10.1. The molecule has 0 radical (unpaired) electrons. The Morgan fingerprint density at radius 2 is 1.75 bits per heavy atom. The van der Waals surface area contributed by atoms with Gasteiger partial charge in [-0.2, -0.15) is 0 Å². The van der Waals surface area contributed by atoms with Crippen molar-refractivity contribution >= 4 is 29.1 Å². The molecule has 186 valence electrons. The average Bonchev–Trinajstić information content (AvgIpc) is 3.30. The lowest BCUT2D eigenvalue weighted by Gasteiger charge is -2.17. The maximum Gasteiger partial charge on any atom is 0.262 e. The van der Waals surface area contributed by atoms with Crippen molar-refractivity contribution in [1.82, 2.24) is 5.32 Å². The quantitative estimate of drug-likeness (QED) is 0.457. The van der Waals surface area contributed by atoms with Crippen LogP contribution in [0.15, 0.2) is 78.9 Å². The van der Waals surface area contributed by atoms with E-state index in [1.54, 1.807) is 60.5 Å². The number of methoxy groups -OCH3 is 1. The number of benzene rings is 3. The highest BCUT2D eigenvalue weighted by Gasteiger charge is 2.34. The van der Waals surface area contributed by atoms with E-state index in [0.717, 1.165) is 12.0 Å². The zero-order valence-electron chi connectivity index (χ0n) is 20.1. The van der Waals surface area contributed by atoms with Gasteiger partial charge in [0.1, 0.15) is 11.5 Å². The first kappa shape index (κ1) is 24.8. The predicted octanol–water partition coefficient (Wildman–Crippen LogP) is 3.42. The van der Waals surface area contributed by atoms with Gasteiger partial charge in [-0.25, -0.2) is 0 Å². The molecule has 1 aliphatic rings. The van der Waals surface area contributed by atoms with Gasteiger partial charge in [0.15, 0.2) is 6.61 Å². The van der Waals surface area contributed by atoms with Crippen LogP contribution >= 0.6 is 0 Å². The van der Waals surface area contributed by atoms with Crippen LogP contribution in [-0.2, 0) is 20.8 Å². The van der Waals surface area contributed by atoms with Crippen LogP contribution < -0.4 is 25.0 Å². The molecule has 1 atom stereocenters. The summed E-state index contributed by atoms with van der Waals surface area (Å²) in [6.45, 7) is 0.703. The van der Waals surface area contributed by atoms with Crippen LogP contribution in [0.25, 0.3) is 0 Å². The van der Waals surface area contributed by atoms with E-state index in [9.17, 15) is 14.4 Å². The first-order chi connectivity index (χ1) is 17.5. The molecule has 0 bridgehead atoms. The monoisotopic (exact) mass is 487 g/mol. The Kier molecular flexibility index (Phi) is 8.18. The molecule has 1 aliphatic heterocycles. The number of nitrogens with one attached hydrogen (secondary N) is 2. The van der Waals surface area contributed by atoms with Gasteiger partial charge in [-0.15, -0.1) is 0 Å². The molecule has 36 heavy (non-hydrogen) atoms. The van der Waals surface area contributed by atoms with Gasteiger partial charge in [-0.3, -0.25) is 14.4 Å². The normalized spacial score (nSPS) is 14.9. The van der Waals surface area contributed by atoms with E-state index in [-0.39, 0.29) is 36.7 Å². The molecule has 4 rings (SSSR count). The van der Waals surface area contributed by atoms with Crippen LogP contribution in [0, 0.1) is 5.92 Å². The molecule has 1 heterocycles. The molecule has 2 N–H and O–H groups in total. The number of nitrogens with zero attached hydrogens (tertiary/aromatic N) is 1. The highest BCUT2D eigenvalue weighted by Crippen LogP contribution is 2.27. The summed E-state index contributed by atoms with van der Waals surface area (Å²) in [5, 5.41) is 5.70. The molecule has 0 aliphatic carbocycles. The molecule has 0 aromatic heterocycles. The lowest BCUT2D eigenvalue weighted by molar-refractivity contribution is -0.126. The van der Waals surface area contributed by atoms with Crippen LogP contribution in [0.3, 0.4) is 0 Å². The molecule has 8 nitrogen and oxygen atoms in total. The number of ether oxygens (including phenoxy) is 2. The minimum Gasteiger partial charge on any atom is -0.497 e. The smallest absolute Gasteiger partial charge is 0.262 e. The van der Waals surface area contributed by atoms with Crippen LogP contribution in [0.2, 0.25) is 0 Å². The molecule has 1 saturated heterocycles. The first-order valence-electron chi connectivity index (χ1n) is 11.8. The van der Waals surface area contributed by atoms with Crippen molar-refractivity contribution in [3.05, 3.63) is 84.4 Å². The molecule has 0 saturated carbocycles. The van der Waals surface area contributed by atoms with Gasteiger partial charge in [0.05, 0.1) is 13.0 Å². The maximum atomic E-state index is 12.6. The third-order valence-electron chi connectivity index (χ3n) is 5.92. The van der Waals surface area contributed by atoms with Crippen molar-refractivity contribution in [3.63, 3.8) is 0 Å². The topological polar surface area (TPSA) is 97.0 Å². The predicted molar refractivity (Wildman–Crippen MR) is 137 cm³/mol. The summed E-state index contributed by atoms with van der Waals surface area (Å²) in [5.74, 6) is 0.259. The summed E-state index contributed by atoms with van der Waals surface area (Å²) < 4.78 is 10.7. The summed E-state index contributed by atoms with van der Waals surface area (Å²) in [6, 6.07) is 23.9. The van der Waals surface area contributed by atoms with Gasteiger partial charge in [0, 0.05) is 37.0 Å². The van der Waals surface area contributed by atoms with E-state index in [1.807, 2.05) is 30.3 Å². The first-order valence-corrected chi connectivity index (χ1v) is 11.8. The van der Waals surface area contributed by atoms with Crippen molar-refractivity contribution < 1.29 is 23.9 Å². The van der Waals surface area contributed by atoms with Gasteiger partial charge < -0.3 is 25.0 Å². The molecule has 3 amide bonds. The van der Waals surface area contributed by atoms with E-state index >= 15 is 0 Å². The Morgan fingerprint density at radius 1 is 0.972 bits per heavy atom. The molecule has 8 heteroatoms. The average molecular weight is 488 g/mol. The third kappa shape index (κ3) is 6.63. The molecule has 3 aromatic rings. The summed E-state index contributed by atoms with van der Waals surface area (Å²) in [4.78, 5) is 38.9. The molecule has 0 spiro atoms. The van der Waals surface area contributed by atoms with Crippen LogP contribution in [0.5, 0.6) is 11.5 Å². The number of carbonyl (C=O) groups is 3. The summed E-state index contributed by atoms with van der Waals surface area (Å²) >= 11 is 0. The zero-order valence-corrected chi connectivity index (χ0v) is 20.1. The van der Waals surface area contributed by atoms with E-state index < -0.39 is 0 Å². The van der Waals surface area contributed by atoms with Crippen molar-refractivity contribution in [3.8, 4) is 11.5 Å². The Labute approximate surface area is 210 Å². The number of anilines is 2. The van der Waals surface area contributed by atoms with Crippen LogP contribution in [0.1, 0.15) is 12.0 Å².